The SMILES string of the molecule is CC1=CC=C2C=CC=NC2C=N1. The van der Waals surface area contributed by atoms with Crippen LogP contribution in [-0.4, -0.2) is 18.5 Å². The molecule has 2 aliphatic heterocycles. The smallest absolute Gasteiger partial charge is 0.110 e. The fraction of sp³-hybridized carbons (Fsp3) is 0.200. The first kappa shape index (κ1) is 7.22. The summed E-state index contributed by atoms with van der Waals surface area (Å²) >= 11 is 0. The summed E-state index contributed by atoms with van der Waals surface area (Å²) in [6.07, 6.45) is 11.8. The fourth-order valence-corrected chi connectivity index (χ4v) is 1.21. The van der Waals surface area contributed by atoms with Crippen LogP contribution in [0.25, 0.3) is 0 Å². The molecule has 0 saturated heterocycles. The van der Waals surface area contributed by atoms with Crippen molar-refractivity contribution in [3.63, 3.8) is 0 Å². The lowest BCUT2D eigenvalue weighted by molar-refractivity contribution is 1.05. The van der Waals surface area contributed by atoms with Gasteiger partial charge in [0.15, 0.2) is 0 Å². The maximum absolute atomic E-state index is 4.28. The number of rotatable bonds is 0. The Hall–Kier alpha value is -1.44. The Labute approximate surface area is 71.7 Å². The maximum Gasteiger partial charge on any atom is 0.110 e. The molecule has 0 bridgehead atoms. The summed E-state index contributed by atoms with van der Waals surface area (Å²) in [4.78, 5) is 8.53. The molecule has 12 heavy (non-hydrogen) atoms. The molecule has 0 saturated carbocycles. The molecule has 0 aliphatic carbocycles. The molecule has 0 aromatic rings. The van der Waals surface area contributed by atoms with Crippen LogP contribution in [-0.2, 0) is 0 Å². The summed E-state index contributed by atoms with van der Waals surface area (Å²) < 4.78 is 0. The summed E-state index contributed by atoms with van der Waals surface area (Å²) in [5.74, 6) is 0. The van der Waals surface area contributed by atoms with Gasteiger partial charge in [-0.2, -0.15) is 0 Å². The van der Waals surface area contributed by atoms with Crippen molar-refractivity contribution in [2.75, 3.05) is 0 Å². The Morgan fingerprint density at radius 2 is 2.25 bits per heavy atom. The van der Waals surface area contributed by atoms with E-state index >= 15 is 0 Å². The molecule has 1 unspecified atom stereocenters. The number of dihydropyridines is 1. The summed E-state index contributed by atoms with van der Waals surface area (Å²) in [7, 11) is 0. The van der Waals surface area contributed by atoms with Crippen LogP contribution in [0.5, 0.6) is 0 Å². The van der Waals surface area contributed by atoms with Gasteiger partial charge in [-0.1, -0.05) is 12.2 Å². The Morgan fingerprint density at radius 3 is 3.17 bits per heavy atom. The Bertz CT molecular complexity index is 330. The zero-order valence-corrected chi connectivity index (χ0v) is 6.94. The molecule has 0 spiro atoms. The van der Waals surface area contributed by atoms with E-state index in [4.69, 9.17) is 0 Å². The van der Waals surface area contributed by atoms with Crippen LogP contribution < -0.4 is 0 Å². The number of fused-ring (bicyclic) bond motifs is 1. The third kappa shape index (κ3) is 1.28. The molecule has 0 fully saturated rings. The van der Waals surface area contributed by atoms with Gasteiger partial charge in [-0.05, 0) is 24.6 Å². The molecule has 0 aromatic heterocycles. The van der Waals surface area contributed by atoms with Gasteiger partial charge in [-0.15, -0.1) is 0 Å². The Balaban J connectivity index is 2.39. The van der Waals surface area contributed by atoms with Crippen LogP contribution >= 0.6 is 0 Å². The van der Waals surface area contributed by atoms with E-state index in [2.05, 4.69) is 22.1 Å². The van der Waals surface area contributed by atoms with Crippen molar-refractivity contribution in [1.29, 1.82) is 0 Å². The molecule has 60 valence electrons. The Morgan fingerprint density at radius 1 is 1.33 bits per heavy atom. The highest BCUT2D eigenvalue weighted by Crippen LogP contribution is 2.14. The van der Waals surface area contributed by atoms with E-state index in [9.17, 15) is 0 Å². The van der Waals surface area contributed by atoms with Gasteiger partial charge in [-0.3, -0.25) is 9.98 Å². The predicted octanol–water partition coefficient (Wildman–Crippen LogP) is 1.91. The van der Waals surface area contributed by atoms with E-state index in [1.165, 1.54) is 5.57 Å². The first-order valence-electron chi connectivity index (χ1n) is 3.99. The van der Waals surface area contributed by atoms with Crippen LogP contribution in [0, 0.1) is 0 Å². The first-order chi connectivity index (χ1) is 5.86. The molecular formula is C10H10N2. The fourth-order valence-electron chi connectivity index (χ4n) is 1.21. The monoisotopic (exact) mass is 158 g/mol. The summed E-state index contributed by atoms with van der Waals surface area (Å²) in [5, 5.41) is 0. The highest BCUT2D eigenvalue weighted by atomic mass is 14.8. The van der Waals surface area contributed by atoms with Crippen molar-refractivity contribution in [2.24, 2.45) is 9.98 Å². The lowest BCUT2D eigenvalue weighted by atomic mass is 10.1. The number of nitrogens with zero attached hydrogens (tertiary/aromatic N) is 2. The summed E-state index contributed by atoms with van der Waals surface area (Å²) in [5.41, 5.74) is 2.23. The highest BCUT2D eigenvalue weighted by Gasteiger charge is 2.10. The van der Waals surface area contributed by atoms with E-state index in [1.807, 2.05) is 31.5 Å². The van der Waals surface area contributed by atoms with Crippen molar-refractivity contribution in [3.8, 4) is 0 Å². The van der Waals surface area contributed by atoms with Crippen LogP contribution in [0.1, 0.15) is 6.92 Å². The van der Waals surface area contributed by atoms with Gasteiger partial charge in [0.2, 0.25) is 0 Å². The number of hydrogen-bond donors (Lipinski definition) is 0. The topological polar surface area (TPSA) is 24.7 Å². The van der Waals surface area contributed by atoms with Crippen molar-refractivity contribution in [1.82, 2.24) is 0 Å². The highest BCUT2D eigenvalue weighted by molar-refractivity contribution is 5.83. The average molecular weight is 158 g/mol. The van der Waals surface area contributed by atoms with Gasteiger partial charge < -0.3 is 0 Å². The summed E-state index contributed by atoms with van der Waals surface area (Å²) in [6, 6.07) is 0.128. The second-order valence-corrected chi connectivity index (χ2v) is 2.85. The van der Waals surface area contributed by atoms with Crippen LogP contribution in [0.3, 0.4) is 0 Å². The van der Waals surface area contributed by atoms with Gasteiger partial charge in [-0.25, -0.2) is 0 Å². The van der Waals surface area contributed by atoms with Gasteiger partial charge in [0.05, 0.1) is 0 Å². The normalized spacial score (nSPS) is 25.9. The molecule has 1 atom stereocenters. The van der Waals surface area contributed by atoms with E-state index in [-0.39, 0.29) is 6.04 Å². The molecule has 2 aliphatic rings. The zero-order chi connectivity index (χ0) is 8.39. The number of allylic oxidation sites excluding steroid dienone is 4. The molecule has 0 radical (unpaired) electrons. The van der Waals surface area contributed by atoms with E-state index < -0.39 is 0 Å². The standard InChI is InChI=1S/C10H10N2/c1-8-4-5-9-3-2-6-11-10(9)7-12-8/h2-7,10H,1H3. The third-order valence-electron chi connectivity index (χ3n) is 1.90. The van der Waals surface area contributed by atoms with Gasteiger partial charge >= 0.3 is 0 Å². The van der Waals surface area contributed by atoms with Crippen LogP contribution in [0.4, 0.5) is 0 Å². The minimum absolute atomic E-state index is 0.128. The molecular weight excluding hydrogens is 148 g/mol. The second kappa shape index (κ2) is 2.89. The second-order valence-electron chi connectivity index (χ2n) is 2.85. The van der Waals surface area contributed by atoms with Crippen molar-refractivity contribution in [3.05, 3.63) is 35.6 Å². The van der Waals surface area contributed by atoms with E-state index in [0.717, 1.165) is 5.70 Å². The number of aliphatic imine (C=N–C) groups is 2. The lowest BCUT2D eigenvalue weighted by Gasteiger charge is -2.08. The minimum Gasteiger partial charge on any atom is -0.279 e. The number of hydrogen-bond acceptors (Lipinski definition) is 2. The zero-order valence-electron chi connectivity index (χ0n) is 6.94. The average Bonchev–Trinajstić information content (AvgIpc) is 2.29. The molecule has 2 rings (SSSR count). The van der Waals surface area contributed by atoms with Crippen molar-refractivity contribution >= 4 is 12.4 Å². The van der Waals surface area contributed by atoms with Gasteiger partial charge in [0, 0.05) is 18.1 Å². The molecule has 0 aromatic carbocycles. The molecule has 0 amide bonds. The molecule has 0 N–H and O–H groups in total. The van der Waals surface area contributed by atoms with Gasteiger partial charge in [0.1, 0.15) is 6.04 Å². The predicted molar refractivity (Wildman–Crippen MR) is 51.8 cm³/mol. The van der Waals surface area contributed by atoms with Gasteiger partial charge in [0.25, 0.3) is 0 Å². The molecule has 2 nitrogen and oxygen atoms in total. The molecule has 2 heteroatoms. The lowest BCUT2D eigenvalue weighted by Crippen LogP contribution is -2.10. The largest absolute Gasteiger partial charge is 0.279 e. The van der Waals surface area contributed by atoms with Crippen molar-refractivity contribution in [2.45, 2.75) is 13.0 Å². The molecule has 2 heterocycles. The van der Waals surface area contributed by atoms with E-state index in [1.54, 1.807) is 0 Å². The van der Waals surface area contributed by atoms with Crippen LogP contribution in [0.2, 0.25) is 0 Å². The minimum atomic E-state index is 0.128. The van der Waals surface area contributed by atoms with Crippen LogP contribution in [0.15, 0.2) is 45.6 Å². The maximum atomic E-state index is 4.28. The van der Waals surface area contributed by atoms with Crippen molar-refractivity contribution < 1.29 is 0 Å². The third-order valence-corrected chi connectivity index (χ3v) is 1.90. The summed E-state index contributed by atoms with van der Waals surface area (Å²) in [6.45, 7) is 1.98. The van der Waals surface area contributed by atoms with E-state index in [0.29, 0.717) is 0 Å². The Kier molecular flexibility index (Phi) is 1.74. The quantitative estimate of drug-likeness (QED) is 0.514. The first-order valence-corrected chi connectivity index (χ1v) is 3.99.